The maximum atomic E-state index is 11.9. The number of carbonyl (C=O) groups is 1. The van der Waals surface area contributed by atoms with Gasteiger partial charge >= 0.3 is 0 Å². The minimum Gasteiger partial charge on any atom is -0.361 e. The molecule has 0 bridgehead atoms. The van der Waals surface area contributed by atoms with E-state index in [1.54, 1.807) is 11.8 Å². The summed E-state index contributed by atoms with van der Waals surface area (Å²) in [7, 11) is 0. The van der Waals surface area contributed by atoms with Crippen LogP contribution in [0.25, 0.3) is 0 Å². The predicted octanol–water partition coefficient (Wildman–Crippen LogP) is 1.08. The second-order valence-corrected chi connectivity index (χ2v) is 5.67. The highest BCUT2D eigenvalue weighted by molar-refractivity contribution is 7.99. The van der Waals surface area contributed by atoms with Crippen molar-refractivity contribution in [1.82, 2.24) is 10.1 Å². The molecule has 2 N–H and O–H groups in total. The number of nitrogens with two attached hydrogens (primary N) is 1. The van der Waals surface area contributed by atoms with Crippen LogP contribution in [0.15, 0.2) is 4.52 Å². The number of hydrogen-bond acceptors (Lipinski definition) is 5. The van der Waals surface area contributed by atoms with Crippen molar-refractivity contribution in [3.05, 3.63) is 17.0 Å². The van der Waals surface area contributed by atoms with Gasteiger partial charge in [0.1, 0.15) is 5.76 Å². The van der Waals surface area contributed by atoms with Gasteiger partial charge in [-0.25, -0.2) is 0 Å². The molecule has 0 aromatic carbocycles. The number of amides is 1. The van der Waals surface area contributed by atoms with Crippen molar-refractivity contribution in [2.24, 2.45) is 5.73 Å². The molecule has 1 saturated heterocycles. The number of aryl methyl sites for hydroxylation is 2. The molecule has 1 amide bonds. The minimum atomic E-state index is 0.154. The van der Waals surface area contributed by atoms with Gasteiger partial charge in [0.15, 0.2) is 0 Å². The molecule has 1 atom stereocenters. The van der Waals surface area contributed by atoms with E-state index in [1.165, 1.54) is 0 Å². The molecule has 0 unspecified atom stereocenters. The first-order chi connectivity index (χ1) is 8.58. The van der Waals surface area contributed by atoms with Gasteiger partial charge in [0.05, 0.1) is 11.4 Å². The third-order valence-electron chi connectivity index (χ3n) is 3.23. The standard InChI is InChI=1S/C12H19N3O2S/c1-8-11(9(2)17-14-8)6-18-7-12(16)15-4-3-10(13)5-15/h10H,3-7,13H2,1-2H3/t10-/m1/s1. The Morgan fingerprint density at radius 1 is 1.61 bits per heavy atom. The van der Waals surface area contributed by atoms with Gasteiger partial charge in [-0.1, -0.05) is 5.16 Å². The van der Waals surface area contributed by atoms with E-state index in [1.807, 2.05) is 18.7 Å². The van der Waals surface area contributed by atoms with Crippen LogP contribution < -0.4 is 5.73 Å². The topological polar surface area (TPSA) is 72.4 Å². The van der Waals surface area contributed by atoms with Crippen molar-refractivity contribution in [1.29, 1.82) is 0 Å². The molecule has 0 spiro atoms. The van der Waals surface area contributed by atoms with E-state index in [2.05, 4.69) is 5.16 Å². The highest BCUT2D eigenvalue weighted by Gasteiger charge is 2.23. The van der Waals surface area contributed by atoms with Gasteiger partial charge in [-0.2, -0.15) is 0 Å². The Labute approximate surface area is 111 Å². The maximum Gasteiger partial charge on any atom is 0.232 e. The lowest BCUT2D eigenvalue weighted by Gasteiger charge is -2.15. The van der Waals surface area contributed by atoms with Crippen molar-refractivity contribution in [2.45, 2.75) is 32.1 Å². The first-order valence-electron chi connectivity index (χ1n) is 6.10. The molecule has 2 heterocycles. The molecule has 6 heteroatoms. The molecule has 0 radical (unpaired) electrons. The molecule has 100 valence electrons. The largest absolute Gasteiger partial charge is 0.361 e. The molecular formula is C12H19N3O2S. The number of nitrogens with zero attached hydrogens (tertiary/aromatic N) is 2. The van der Waals surface area contributed by atoms with E-state index in [4.69, 9.17) is 10.3 Å². The third kappa shape index (κ3) is 3.05. The quantitative estimate of drug-likeness (QED) is 0.885. The molecule has 1 aliphatic heterocycles. The summed E-state index contributed by atoms with van der Waals surface area (Å²) in [4.78, 5) is 13.8. The number of likely N-dealkylation sites (tertiary alicyclic amines) is 1. The monoisotopic (exact) mass is 269 g/mol. The highest BCUT2D eigenvalue weighted by Crippen LogP contribution is 2.20. The smallest absolute Gasteiger partial charge is 0.232 e. The summed E-state index contributed by atoms with van der Waals surface area (Å²) < 4.78 is 5.09. The van der Waals surface area contributed by atoms with E-state index in [0.29, 0.717) is 12.3 Å². The van der Waals surface area contributed by atoms with Crippen LogP contribution in [-0.4, -0.2) is 40.8 Å². The summed E-state index contributed by atoms with van der Waals surface area (Å²) >= 11 is 1.60. The first kappa shape index (κ1) is 13.4. The summed E-state index contributed by atoms with van der Waals surface area (Å²) in [5.41, 5.74) is 7.80. The summed E-state index contributed by atoms with van der Waals surface area (Å²) in [5.74, 6) is 2.29. The fraction of sp³-hybridized carbons (Fsp3) is 0.667. The van der Waals surface area contributed by atoms with Crippen LogP contribution in [0, 0.1) is 13.8 Å². The summed E-state index contributed by atoms with van der Waals surface area (Å²) in [5, 5.41) is 3.90. The van der Waals surface area contributed by atoms with Crippen molar-refractivity contribution in [2.75, 3.05) is 18.8 Å². The molecule has 1 aliphatic rings. The maximum absolute atomic E-state index is 11.9. The molecule has 1 fully saturated rings. The van der Waals surface area contributed by atoms with E-state index in [9.17, 15) is 4.79 Å². The first-order valence-corrected chi connectivity index (χ1v) is 7.26. The fourth-order valence-electron chi connectivity index (χ4n) is 2.05. The second-order valence-electron chi connectivity index (χ2n) is 4.68. The molecule has 1 aromatic heterocycles. The van der Waals surface area contributed by atoms with Crippen molar-refractivity contribution in [3.8, 4) is 0 Å². The Kier molecular flexibility index (Phi) is 4.29. The Hall–Kier alpha value is -1.01. The van der Waals surface area contributed by atoms with E-state index < -0.39 is 0 Å². The Bertz CT molecular complexity index is 413. The second kappa shape index (κ2) is 5.75. The minimum absolute atomic E-state index is 0.154. The number of rotatable bonds is 4. The van der Waals surface area contributed by atoms with Crippen LogP contribution in [-0.2, 0) is 10.5 Å². The molecule has 5 nitrogen and oxygen atoms in total. The van der Waals surface area contributed by atoms with Gasteiger partial charge in [-0.15, -0.1) is 11.8 Å². The zero-order chi connectivity index (χ0) is 13.1. The molecule has 1 aromatic rings. The summed E-state index contributed by atoms with van der Waals surface area (Å²) in [6, 6.07) is 0.154. The average Bonchev–Trinajstić information content (AvgIpc) is 2.89. The van der Waals surface area contributed by atoms with Crippen LogP contribution in [0.2, 0.25) is 0 Å². The normalized spacial score (nSPS) is 19.5. The van der Waals surface area contributed by atoms with E-state index in [0.717, 1.165) is 35.7 Å². The number of carbonyl (C=O) groups excluding carboxylic acids is 1. The summed E-state index contributed by atoms with van der Waals surface area (Å²) in [6.45, 7) is 5.32. The zero-order valence-electron chi connectivity index (χ0n) is 10.8. The van der Waals surface area contributed by atoms with E-state index >= 15 is 0 Å². The lowest BCUT2D eigenvalue weighted by Crippen LogP contribution is -2.33. The number of hydrogen-bond donors (Lipinski definition) is 1. The van der Waals surface area contributed by atoms with E-state index in [-0.39, 0.29) is 11.9 Å². The molecule has 2 rings (SSSR count). The Balaban J connectivity index is 1.77. The van der Waals surface area contributed by atoms with Crippen LogP contribution >= 0.6 is 11.8 Å². The molecule has 0 saturated carbocycles. The summed E-state index contributed by atoms with van der Waals surface area (Å²) in [6.07, 6.45) is 0.917. The van der Waals surface area contributed by atoms with Crippen molar-refractivity contribution in [3.63, 3.8) is 0 Å². The van der Waals surface area contributed by atoms with Gasteiger partial charge in [-0.3, -0.25) is 4.79 Å². The highest BCUT2D eigenvalue weighted by atomic mass is 32.2. The SMILES string of the molecule is Cc1noc(C)c1CSCC(=O)N1CC[C@@H](N)C1. The van der Waals surface area contributed by atoms with Gasteiger partial charge < -0.3 is 15.2 Å². The third-order valence-corrected chi connectivity index (χ3v) is 4.17. The van der Waals surface area contributed by atoms with Gasteiger partial charge in [0.2, 0.25) is 5.91 Å². The van der Waals surface area contributed by atoms with Crippen LogP contribution in [0.5, 0.6) is 0 Å². The van der Waals surface area contributed by atoms with Crippen LogP contribution in [0.1, 0.15) is 23.4 Å². The Morgan fingerprint density at radius 3 is 2.94 bits per heavy atom. The fourth-order valence-corrected chi connectivity index (χ4v) is 3.13. The number of thioether (sulfide) groups is 1. The van der Waals surface area contributed by atoms with Gasteiger partial charge in [0, 0.05) is 30.4 Å². The molecule has 0 aliphatic carbocycles. The lowest BCUT2D eigenvalue weighted by atomic mass is 10.2. The van der Waals surface area contributed by atoms with Gasteiger partial charge in [0.25, 0.3) is 0 Å². The van der Waals surface area contributed by atoms with Crippen LogP contribution in [0.4, 0.5) is 0 Å². The van der Waals surface area contributed by atoms with Crippen LogP contribution in [0.3, 0.4) is 0 Å². The number of aromatic nitrogens is 1. The average molecular weight is 269 g/mol. The molecular weight excluding hydrogens is 250 g/mol. The zero-order valence-corrected chi connectivity index (χ0v) is 11.6. The lowest BCUT2D eigenvalue weighted by molar-refractivity contribution is -0.127. The van der Waals surface area contributed by atoms with Crippen molar-refractivity contribution >= 4 is 17.7 Å². The molecule has 18 heavy (non-hydrogen) atoms. The predicted molar refractivity (Wildman–Crippen MR) is 71.3 cm³/mol. The van der Waals surface area contributed by atoms with Gasteiger partial charge in [-0.05, 0) is 20.3 Å². The Morgan fingerprint density at radius 2 is 2.39 bits per heavy atom. The van der Waals surface area contributed by atoms with Crippen molar-refractivity contribution < 1.29 is 9.32 Å².